The van der Waals surface area contributed by atoms with Gasteiger partial charge in [-0.05, 0) is 29.3 Å². The highest BCUT2D eigenvalue weighted by atomic mass is 19.4. The van der Waals surface area contributed by atoms with E-state index in [0.29, 0.717) is 28.6 Å². The van der Waals surface area contributed by atoms with Gasteiger partial charge in [0.1, 0.15) is 0 Å². The lowest BCUT2D eigenvalue weighted by Gasteiger charge is -2.27. The number of aromatic nitrogens is 1. The van der Waals surface area contributed by atoms with Crippen molar-refractivity contribution in [1.82, 2.24) is 9.99 Å². The number of nitrogens with one attached hydrogen (secondary N) is 1. The molecule has 1 aromatic heterocycles. The van der Waals surface area contributed by atoms with E-state index in [1.165, 1.54) is 0 Å². The Morgan fingerprint density at radius 2 is 1.44 bits per heavy atom. The Bertz CT molecular complexity index is 1370. The van der Waals surface area contributed by atoms with Gasteiger partial charge < -0.3 is 4.57 Å². The van der Waals surface area contributed by atoms with Gasteiger partial charge in [-0.25, -0.2) is 5.43 Å². The second-order valence-electron chi connectivity index (χ2n) is 7.76. The predicted molar refractivity (Wildman–Crippen MR) is 116 cm³/mol. The lowest BCUT2D eigenvalue weighted by Crippen LogP contribution is -2.58. The molecule has 10 heteroatoms. The molecule has 0 saturated heterocycles. The molecule has 0 fully saturated rings. The first-order valence-electron chi connectivity index (χ1n) is 10.1. The van der Waals surface area contributed by atoms with Crippen molar-refractivity contribution in [3.8, 4) is 0 Å². The fraction of sp³-hybridized carbons (Fsp3) is 0.208. The van der Waals surface area contributed by atoms with E-state index >= 15 is 0 Å². The normalized spacial score (nSPS) is 13.3. The molecule has 0 bridgehead atoms. The third-order valence-electron chi connectivity index (χ3n) is 5.64. The molecule has 34 heavy (non-hydrogen) atoms. The molecular weight excluding hydrogens is 463 g/mol. The molecule has 1 N–H and O–H groups in total. The van der Waals surface area contributed by atoms with Crippen molar-refractivity contribution in [3.63, 3.8) is 0 Å². The second-order valence-corrected chi connectivity index (χ2v) is 7.76. The minimum absolute atomic E-state index is 0.314. The standard InChI is InChI=1S/C24H18F7N3/c1-15-20(13-32-33-24(30,31)22(25,26)23(27,28)29)19-11-4-5-12-21(19)34(15)14-17-9-6-8-16-7-2-3-10-18(16)17/h2-13,33H,14H2,1H3/b32-13-. The number of fused-ring (bicyclic) bond motifs is 2. The van der Waals surface area contributed by atoms with Crippen molar-refractivity contribution in [2.45, 2.75) is 31.6 Å². The summed E-state index contributed by atoms with van der Waals surface area (Å²) in [6, 6.07) is 14.9. The highest BCUT2D eigenvalue weighted by Gasteiger charge is 2.73. The van der Waals surface area contributed by atoms with Crippen LogP contribution < -0.4 is 5.43 Å². The molecule has 4 aromatic rings. The molecule has 0 unspecified atom stereocenters. The van der Waals surface area contributed by atoms with Crippen LogP contribution in [-0.4, -0.2) is 28.9 Å². The molecule has 3 aromatic carbocycles. The van der Waals surface area contributed by atoms with Crippen molar-refractivity contribution in [2.75, 3.05) is 0 Å². The van der Waals surface area contributed by atoms with E-state index in [0.717, 1.165) is 28.1 Å². The van der Waals surface area contributed by atoms with Gasteiger partial charge in [0, 0.05) is 28.7 Å². The maximum atomic E-state index is 13.6. The SMILES string of the molecule is Cc1c(/C=N\NC(F)(F)C(F)(F)C(F)(F)F)c2ccccc2n1Cc1cccc2ccccc12. The van der Waals surface area contributed by atoms with E-state index in [1.807, 2.05) is 47.0 Å². The highest BCUT2D eigenvalue weighted by molar-refractivity contribution is 6.01. The van der Waals surface area contributed by atoms with E-state index in [9.17, 15) is 30.7 Å². The zero-order valence-electron chi connectivity index (χ0n) is 17.7. The number of rotatable bonds is 6. The number of halogens is 7. The summed E-state index contributed by atoms with van der Waals surface area (Å²) in [5.74, 6) is -6.30. The quantitative estimate of drug-likeness (QED) is 0.139. The largest absolute Gasteiger partial charge is 0.462 e. The van der Waals surface area contributed by atoms with Crippen LogP contribution in [0.5, 0.6) is 0 Å². The maximum Gasteiger partial charge on any atom is 0.462 e. The van der Waals surface area contributed by atoms with Crippen LogP contribution >= 0.6 is 0 Å². The Morgan fingerprint density at radius 1 is 0.824 bits per heavy atom. The molecule has 0 amide bonds. The fourth-order valence-electron chi connectivity index (χ4n) is 3.85. The molecule has 4 rings (SSSR count). The van der Waals surface area contributed by atoms with E-state index in [1.54, 1.807) is 31.2 Å². The van der Waals surface area contributed by atoms with Gasteiger partial charge in [0.25, 0.3) is 0 Å². The monoisotopic (exact) mass is 481 g/mol. The molecule has 0 aliphatic heterocycles. The Kier molecular flexibility index (Phi) is 5.79. The van der Waals surface area contributed by atoms with Crippen molar-refractivity contribution >= 4 is 27.9 Å². The third kappa shape index (κ3) is 3.97. The van der Waals surface area contributed by atoms with E-state index in [2.05, 4.69) is 5.10 Å². The van der Waals surface area contributed by atoms with E-state index < -0.39 is 18.1 Å². The van der Waals surface area contributed by atoms with Crippen LogP contribution in [0.2, 0.25) is 0 Å². The first-order valence-corrected chi connectivity index (χ1v) is 10.1. The summed E-state index contributed by atoms with van der Waals surface area (Å²) >= 11 is 0. The minimum atomic E-state index is -6.44. The average Bonchev–Trinajstić information content (AvgIpc) is 3.04. The van der Waals surface area contributed by atoms with Gasteiger partial charge in [0.2, 0.25) is 0 Å². The highest BCUT2D eigenvalue weighted by Crippen LogP contribution is 2.45. The van der Waals surface area contributed by atoms with Gasteiger partial charge in [-0.15, -0.1) is 0 Å². The molecule has 1 heterocycles. The molecule has 0 aliphatic carbocycles. The number of benzene rings is 3. The van der Waals surface area contributed by atoms with Crippen molar-refractivity contribution in [2.24, 2.45) is 5.10 Å². The van der Waals surface area contributed by atoms with E-state index in [4.69, 9.17) is 0 Å². The fourth-order valence-corrected chi connectivity index (χ4v) is 3.85. The number of hydrogen-bond acceptors (Lipinski definition) is 2. The van der Waals surface area contributed by atoms with Crippen LogP contribution in [0.25, 0.3) is 21.7 Å². The number of hydrogen-bond donors (Lipinski definition) is 1. The Labute approximate surface area is 189 Å². The van der Waals surface area contributed by atoms with Gasteiger partial charge in [0.15, 0.2) is 0 Å². The topological polar surface area (TPSA) is 29.3 Å². The summed E-state index contributed by atoms with van der Waals surface area (Å²) in [5, 5.41) is 5.69. The second kappa shape index (κ2) is 8.34. The molecule has 0 atom stereocenters. The van der Waals surface area contributed by atoms with Gasteiger partial charge in [0.05, 0.1) is 6.21 Å². The van der Waals surface area contributed by atoms with Gasteiger partial charge in [-0.2, -0.15) is 35.8 Å². The minimum Gasteiger partial charge on any atom is -0.340 e. The zero-order valence-corrected chi connectivity index (χ0v) is 17.7. The molecule has 0 saturated carbocycles. The number of alkyl halides is 7. The Balaban J connectivity index is 1.71. The molecule has 0 aliphatic rings. The van der Waals surface area contributed by atoms with Gasteiger partial charge >= 0.3 is 18.1 Å². The number of nitrogens with zero attached hydrogens (tertiary/aromatic N) is 2. The predicted octanol–water partition coefficient (Wildman–Crippen LogP) is 6.87. The van der Waals surface area contributed by atoms with Crippen LogP contribution in [0.3, 0.4) is 0 Å². The van der Waals surface area contributed by atoms with Crippen LogP contribution in [0.15, 0.2) is 71.8 Å². The Hall–Kier alpha value is -3.56. The molecule has 178 valence electrons. The van der Waals surface area contributed by atoms with Crippen molar-refractivity contribution in [1.29, 1.82) is 0 Å². The smallest absolute Gasteiger partial charge is 0.340 e. The summed E-state index contributed by atoms with van der Waals surface area (Å²) in [4.78, 5) is 0. The van der Waals surface area contributed by atoms with Crippen LogP contribution in [0.1, 0.15) is 16.8 Å². The summed E-state index contributed by atoms with van der Waals surface area (Å²) < 4.78 is 92.3. The maximum absolute atomic E-state index is 13.6. The van der Waals surface area contributed by atoms with E-state index in [-0.39, 0.29) is 0 Å². The van der Waals surface area contributed by atoms with Crippen LogP contribution in [0, 0.1) is 6.92 Å². The molecule has 3 nitrogen and oxygen atoms in total. The lowest BCUT2D eigenvalue weighted by molar-refractivity contribution is -0.361. The molecular formula is C24H18F7N3. The third-order valence-corrected chi connectivity index (χ3v) is 5.64. The number of para-hydroxylation sites is 1. The first kappa shape index (κ1) is 23.6. The average molecular weight is 481 g/mol. The Morgan fingerprint density at radius 3 is 2.15 bits per heavy atom. The van der Waals surface area contributed by atoms with Gasteiger partial charge in [-0.3, -0.25) is 0 Å². The summed E-state index contributed by atoms with van der Waals surface area (Å²) in [6.07, 6.45) is -5.61. The summed E-state index contributed by atoms with van der Waals surface area (Å²) in [6.45, 7) is 2.10. The molecule has 0 radical (unpaired) electrons. The van der Waals surface area contributed by atoms with Crippen molar-refractivity contribution < 1.29 is 30.7 Å². The summed E-state index contributed by atoms with van der Waals surface area (Å²) in [5.41, 5.74) is 3.29. The van der Waals surface area contributed by atoms with Gasteiger partial charge in [-0.1, -0.05) is 60.7 Å². The molecule has 0 spiro atoms. The number of hydrazone groups is 1. The lowest BCUT2D eigenvalue weighted by atomic mass is 10.0. The van der Waals surface area contributed by atoms with Crippen molar-refractivity contribution in [3.05, 3.63) is 83.6 Å². The summed E-state index contributed by atoms with van der Waals surface area (Å²) in [7, 11) is 0. The first-order chi connectivity index (χ1) is 15.9. The zero-order chi connectivity index (χ0) is 24.7. The van der Waals surface area contributed by atoms with Crippen LogP contribution in [-0.2, 0) is 6.54 Å². The van der Waals surface area contributed by atoms with Crippen LogP contribution in [0.4, 0.5) is 30.7 Å².